The van der Waals surface area contributed by atoms with Crippen LogP contribution >= 0.6 is 0 Å². The van der Waals surface area contributed by atoms with Crippen molar-refractivity contribution in [1.29, 1.82) is 0 Å². The highest BCUT2D eigenvalue weighted by Crippen LogP contribution is 2.57. The molecular formula is C23H32N2O3. The molecule has 1 spiro atoms. The number of carbonyl (C=O) groups is 2. The van der Waals surface area contributed by atoms with Gasteiger partial charge in [0.15, 0.2) is 0 Å². The molecule has 3 aliphatic rings. The van der Waals surface area contributed by atoms with Crippen molar-refractivity contribution < 1.29 is 14.3 Å². The quantitative estimate of drug-likeness (QED) is 0.857. The summed E-state index contributed by atoms with van der Waals surface area (Å²) in [5.74, 6) is 1.00. The van der Waals surface area contributed by atoms with E-state index in [9.17, 15) is 9.59 Å². The van der Waals surface area contributed by atoms with Crippen molar-refractivity contribution >= 4 is 12.0 Å². The van der Waals surface area contributed by atoms with Crippen LogP contribution in [0.4, 0.5) is 4.79 Å². The van der Waals surface area contributed by atoms with Crippen LogP contribution in [0.1, 0.15) is 62.5 Å². The van der Waals surface area contributed by atoms with Crippen LogP contribution in [0.3, 0.4) is 0 Å². The first kappa shape index (κ1) is 19.3. The summed E-state index contributed by atoms with van der Waals surface area (Å²) in [5.41, 5.74) is 2.97. The molecule has 1 aliphatic heterocycles. The Balaban J connectivity index is 1.24. The molecule has 28 heavy (non-hydrogen) atoms. The molecule has 1 saturated heterocycles. The van der Waals surface area contributed by atoms with Crippen LogP contribution < -0.4 is 5.32 Å². The summed E-state index contributed by atoms with van der Waals surface area (Å²) in [4.78, 5) is 26.3. The van der Waals surface area contributed by atoms with Crippen molar-refractivity contribution in [2.24, 2.45) is 11.3 Å². The van der Waals surface area contributed by atoms with Crippen LogP contribution in [-0.2, 0) is 9.53 Å². The van der Waals surface area contributed by atoms with Gasteiger partial charge in [-0.15, -0.1) is 0 Å². The summed E-state index contributed by atoms with van der Waals surface area (Å²) in [7, 11) is 1.37. The Morgan fingerprint density at radius 3 is 2.43 bits per heavy atom. The lowest BCUT2D eigenvalue weighted by Crippen LogP contribution is -2.59. The van der Waals surface area contributed by atoms with E-state index in [0.29, 0.717) is 24.2 Å². The van der Waals surface area contributed by atoms with E-state index in [0.717, 1.165) is 25.9 Å². The van der Waals surface area contributed by atoms with Gasteiger partial charge in [-0.3, -0.25) is 4.79 Å². The van der Waals surface area contributed by atoms with E-state index >= 15 is 0 Å². The Morgan fingerprint density at radius 2 is 1.82 bits per heavy atom. The number of ether oxygens (including phenoxy) is 1. The Labute approximate surface area is 167 Å². The third kappa shape index (κ3) is 3.63. The molecule has 1 N–H and O–H groups in total. The van der Waals surface area contributed by atoms with Crippen molar-refractivity contribution in [3.63, 3.8) is 0 Å². The number of hydrogen-bond donors (Lipinski definition) is 1. The van der Waals surface area contributed by atoms with Gasteiger partial charge in [0.05, 0.1) is 7.11 Å². The lowest BCUT2D eigenvalue weighted by atomic mass is 9.56. The highest BCUT2D eigenvalue weighted by molar-refractivity contribution is 5.81. The molecule has 1 aromatic rings. The first-order chi connectivity index (χ1) is 13.3. The molecule has 2 saturated carbocycles. The zero-order valence-electron chi connectivity index (χ0n) is 17.3. The van der Waals surface area contributed by atoms with Gasteiger partial charge in [0.1, 0.15) is 0 Å². The van der Waals surface area contributed by atoms with Gasteiger partial charge in [-0.25, -0.2) is 4.79 Å². The topological polar surface area (TPSA) is 58.6 Å². The lowest BCUT2D eigenvalue weighted by molar-refractivity contribution is -0.144. The molecule has 4 rings (SSSR count). The minimum Gasteiger partial charge on any atom is -0.453 e. The predicted octanol–water partition coefficient (Wildman–Crippen LogP) is 4.01. The van der Waals surface area contributed by atoms with E-state index in [1.807, 2.05) is 6.92 Å². The standard InChI is InChI=1S/C23H32N2O3/c1-16-5-4-6-17(11-16)18-14-23(15-18)7-9-25(10-8-23)20(26)19-12-22(2,13-19)24-21(27)28-3/h4-6,11,18-19H,7-10,12-15H2,1-3H3,(H,24,27). The number of rotatable bonds is 3. The molecule has 5 heteroatoms. The summed E-state index contributed by atoms with van der Waals surface area (Å²) >= 11 is 0. The van der Waals surface area contributed by atoms with Crippen LogP contribution in [-0.4, -0.2) is 42.6 Å². The zero-order valence-corrected chi connectivity index (χ0v) is 17.3. The molecule has 1 aromatic carbocycles. The molecule has 0 bridgehead atoms. The zero-order chi connectivity index (χ0) is 19.9. The maximum Gasteiger partial charge on any atom is 0.407 e. The Hall–Kier alpha value is -2.04. The molecule has 0 unspecified atom stereocenters. The van der Waals surface area contributed by atoms with E-state index in [1.54, 1.807) is 0 Å². The average Bonchev–Trinajstić information content (AvgIpc) is 2.63. The minimum atomic E-state index is -0.415. The molecule has 0 aromatic heterocycles. The van der Waals surface area contributed by atoms with Crippen LogP contribution in [0.15, 0.2) is 24.3 Å². The summed E-state index contributed by atoms with van der Waals surface area (Å²) in [6.07, 6.45) is 5.79. The van der Waals surface area contributed by atoms with Gasteiger partial charge in [0, 0.05) is 24.5 Å². The van der Waals surface area contributed by atoms with E-state index in [2.05, 4.69) is 46.1 Å². The third-order valence-electron chi connectivity index (χ3n) is 7.34. The molecule has 5 nitrogen and oxygen atoms in total. The largest absolute Gasteiger partial charge is 0.453 e. The second-order valence-electron chi connectivity index (χ2n) is 9.63. The van der Waals surface area contributed by atoms with Gasteiger partial charge in [-0.2, -0.15) is 0 Å². The van der Waals surface area contributed by atoms with E-state index < -0.39 is 6.09 Å². The number of hydrogen-bond acceptors (Lipinski definition) is 3. The first-order valence-corrected chi connectivity index (χ1v) is 10.5. The van der Waals surface area contributed by atoms with E-state index in [1.165, 1.54) is 31.1 Å². The number of benzene rings is 1. The molecule has 1 heterocycles. The van der Waals surface area contributed by atoms with Crippen LogP contribution in [0.2, 0.25) is 0 Å². The SMILES string of the molecule is COC(=O)NC1(C)CC(C(=O)N2CCC3(CC2)CC(c2cccc(C)c2)C3)C1. The second-order valence-corrected chi connectivity index (χ2v) is 9.63. The predicted molar refractivity (Wildman–Crippen MR) is 108 cm³/mol. The van der Waals surface area contributed by atoms with Gasteiger partial charge in [0.25, 0.3) is 0 Å². The Morgan fingerprint density at radius 1 is 1.14 bits per heavy atom. The second kappa shape index (κ2) is 7.09. The number of likely N-dealkylation sites (tertiary alicyclic amines) is 1. The third-order valence-corrected chi connectivity index (χ3v) is 7.34. The van der Waals surface area contributed by atoms with Crippen molar-refractivity contribution in [2.45, 2.75) is 63.8 Å². The van der Waals surface area contributed by atoms with Crippen LogP contribution in [0.5, 0.6) is 0 Å². The molecule has 2 amide bonds. The smallest absolute Gasteiger partial charge is 0.407 e. The Bertz CT molecular complexity index is 753. The number of carbonyl (C=O) groups excluding carboxylic acids is 2. The highest BCUT2D eigenvalue weighted by atomic mass is 16.5. The molecule has 3 fully saturated rings. The summed E-state index contributed by atoms with van der Waals surface area (Å²) in [6.45, 7) is 5.92. The summed E-state index contributed by atoms with van der Waals surface area (Å²) in [6, 6.07) is 8.91. The normalized spacial score (nSPS) is 29.0. The molecule has 152 valence electrons. The fourth-order valence-corrected chi connectivity index (χ4v) is 5.62. The molecule has 0 atom stereocenters. The van der Waals surface area contributed by atoms with Crippen molar-refractivity contribution in [3.05, 3.63) is 35.4 Å². The van der Waals surface area contributed by atoms with Gasteiger partial charge < -0.3 is 15.0 Å². The number of methoxy groups -OCH3 is 1. The number of aryl methyl sites for hydroxylation is 1. The number of piperidine rings is 1. The Kier molecular flexibility index (Phi) is 4.88. The maximum atomic E-state index is 12.8. The van der Waals surface area contributed by atoms with Crippen LogP contribution in [0.25, 0.3) is 0 Å². The molecule has 0 radical (unpaired) electrons. The first-order valence-electron chi connectivity index (χ1n) is 10.5. The van der Waals surface area contributed by atoms with E-state index in [-0.39, 0.29) is 17.4 Å². The number of nitrogens with one attached hydrogen (secondary N) is 1. The average molecular weight is 385 g/mol. The van der Waals surface area contributed by atoms with Crippen molar-refractivity contribution in [3.8, 4) is 0 Å². The maximum absolute atomic E-state index is 12.8. The van der Waals surface area contributed by atoms with Gasteiger partial charge in [-0.1, -0.05) is 29.8 Å². The lowest BCUT2D eigenvalue weighted by Gasteiger charge is -2.53. The van der Waals surface area contributed by atoms with Gasteiger partial charge in [0.2, 0.25) is 5.91 Å². The van der Waals surface area contributed by atoms with Crippen molar-refractivity contribution in [1.82, 2.24) is 10.2 Å². The molecule has 2 aliphatic carbocycles. The van der Waals surface area contributed by atoms with Gasteiger partial charge >= 0.3 is 6.09 Å². The van der Waals surface area contributed by atoms with Gasteiger partial charge in [-0.05, 0) is 69.3 Å². The number of alkyl carbamates (subject to hydrolysis) is 1. The van der Waals surface area contributed by atoms with E-state index in [4.69, 9.17) is 0 Å². The fraction of sp³-hybridized carbons (Fsp3) is 0.652. The number of amides is 2. The monoisotopic (exact) mass is 384 g/mol. The summed E-state index contributed by atoms with van der Waals surface area (Å²) < 4.78 is 4.68. The van der Waals surface area contributed by atoms with Crippen molar-refractivity contribution in [2.75, 3.05) is 20.2 Å². The summed E-state index contributed by atoms with van der Waals surface area (Å²) in [5, 5.41) is 2.85. The highest BCUT2D eigenvalue weighted by Gasteiger charge is 2.50. The minimum absolute atomic E-state index is 0.0395. The fourth-order valence-electron chi connectivity index (χ4n) is 5.62. The number of nitrogens with zero attached hydrogens (tertiary/aromatic N) is 1. The van der Waals surface area contributed by atoms with Crippen LogP contribution in [0, 0.1) is 18.3 Å². The molecular weight excluding hydrogens is 352 g/mol.